The van der Waals surface area contributed by atoms with E-state index in [0.29, 0.717) is 24.1 Å². The van der Waals surface area contributed by atoms with Gasteiger partial charge in [-0.15, -0.1) is 5.10 Å². The van der Waals surface area contributed by atoms with Gasteiger partial charge in [0.15, 0.2) is 5.69 Å². The molecule has 1 aliphatic carbocycles. The third kappa shape index (κ3) is 3.44. The lowest BCUT2D eigenvalue weighted by Gasteiger charge is -2.22. The Kier molecular flexibility index (Phi) is 4.76. The summed E-state index contributed by atoms with van der Waals surface area (Å²) in [7, 11) is 0. The third-order valence-corrected chi connectivity index (χ3v) is 4.85. The van der Waals surface area contributed by atoms with Crippen molar-refractivity contribution in [3.63, 3.8) is 0 Å². The molecule has 4 nitrogen and oxygen atoms in total. The van der Waals surface area contributed by atoms with E-state index >= 15 is 0 Å². The smallest absolute Gasteiger partial charge is 0.186 e. The quantitative estimate of drug-likeness (QED) is 0.842. The van der Waals surface area contributed by atoms with Crippen molar-refractivity contribution in [1.82, 2.24) is 15.0 Å². The first kappa shape index (κ1) is 15.7. The van der Waals surface area contributed by atoms with Crippen molar-refractivity contribution in [2.75, 3.05) is 0 Å². The largest absolute Gasteiger partial charge is 0.243 e. The molecule has 0 radical (unpaired) electrons. The molecule has 0 bridgehead atoms. The fourth-order valence-corrected chi connectivity index (χ4v) is 3.48. The van der Waals surface area contributed by atoms with Gasteiger partial charge in [-0.05, 0) is 29.9 Å². The highest BCUT2D eigenvalue weighted by Crippen LogP contribution is 2.33. The summed E-state index contributed by atoms with van der Waals surface area (Å²) >= 11 is 0. The maximum atomic E-state index is 9.36. The van der Waals surface area contributed by atoms with Gasteiger partial charge in [-0.3, -0.25) is 0 Å². The lowest BCUT2D eigenvalue weighted by Crippen LogP contribution is -2.14. The minimum atomic E-state index is 0.434. The molecule has 4 heteroatoms. The van der Waals surface area contributed by atoms with Gasteiger partial charge < -0.3 is 0 Å². The first-order chi connectivity index (χ1) is 11.2. The molecule has 0 saturated heterocycles. The van der Waals surface area contributed by atoms with Crippen LogP contribution in [0.2, 0.25) is 0 Å². The molecule has 0 unspecified atom stereocenters. The molecule has 1 fully saturated rings. The summed E-state index contributed by atoms with van der Waals surface area (Å²) in [5.41, 5.74) is 4.11. The monoisotopic (exact) mass is 308 g/mol. The minimum Gasteiger partial charge on any atom is -0.243 e. The van der Waals surface area contributed by atoms with Crippen LogP contribution in [0.5, 0.6) is 0 Å². The summed E-state index contributed by atoms with van der Waals surface area (Å²) < 4.78 is 1.94. The van der Waals surface area contributed by atoms with Crippen LogP contribution in [0.1, 0.15) is 80.3 Å². The molecule has 3 rings (SSSR count). The van der Waals surface area contributed by atoms with Crippen molar-refractivity contribution in [3.05, 3.63) is 46.8 Å². The SMILES string of the molecule is CC(C)c1ccc(Cn2nnc(C#N)c2C2CCCCC2)cc1. The molecule has 1 aliphatic rings. The second kappa shape index (κ2) is 6.95. The first-order valence-electron chi connectivity index (χ1n) is 8.61. The van der Waals surface area contributed by atoms with Crippen molar-refractivity contribution in [2.24, 2.45) is 0 Å². The summed E-state index contributed by atoms with van der Waals surface area (Å²) in [4.78, 5) is 0. The second-order valence-electron chi connectivity index (χ2n) is 6.82. The molecule has 0 aliphatic heterocycles. The minimum absolute atomic E-state index is 0.434. The van der Waals surface area contributed by atoms with Gasteiger partial charge in [0.2, 0.25) is 0 Å². The molecule has 0 spiro atoms. The van der Waals surface area contributed by atoms with Gasteiger partial charge in [-0.1, -0.05) is 62.6 Å². The zero-order valence-corrected chi connectivity index (χ0v) is 14.0. The molecule has 23 heavy (non-hydrogen) atoms. The van der Waals surface area contributed by atoms with Crippen molar-refractivity contribution < 1.29 is 0 Å². The molecule has 0 amide bonds. The van der Waals surface area contributed by atoms with Gasteiger partial charge >= 0.3 is 0 Å². The van der Waals surface area contributed by atoms with E-state index < -0.39 is 0 Å². The number of nitrogens with zero attached hydrogens (tertiary/aromatic N) is 4. The Bertz CT molecular complexity index is 685. The van der Waals surface area contributed by atoms with Crippen molar-refractivity contribution in [2.45, 2.75) is 64.3 Å². The van der Waals surface area contributed by atoms with Gasteiger partial charge in [-0.2, -0.15) is 5.26 Å². The number of hydrogen-bond donors (Lipinski definition) is 0. The molecule has 1 aromatic carbocycles. The van der Waals surface area contributed by atoms with Crippen LogP contribution in [0, 0.1) is 11.3 Å². The highest BCUT2D eigenvalue weighted by molar-refractivity contribution is 5.30. The van der Waals surface area contributed by atoms with E-state index in [1.807, 2.05) is 4.68 Å². The van der Waals surface area contributed by atoms with E-state index in [0.717, 1.165) is 18.5 Å². The Morgan fingerprint density at radius 1 is 1.17 bits per heavy atom. The zero-order valence-electron chi connectivity index (χ0n) is 14.0. The standard InChI is InChI=1S/C19H24N4/c1-14(2)16-10-8-15(9-11-16)13-23-19(18(12-20)21-22-23)17-6-4-3-5-7-17/h8-11,14,17H,3-7,13H2,1-2H3. The topological polar surface area (TPSA) is 54.5 Å². The predicted octanol–water partition coefficient (Wildman–Crippen LogP) is 4.37. The average Bonchev–Trinajstić information content (AvgIpc) is 2.99. The maximum absolute atomic E-state index is 9.36. The predicted molar refractivity (Wildman–Crippen MR) is 90.2 cm³/mol. The third-order valence-electron chi connectivity index (χ3n) is 4.85. The molecule has 120 valence electrons. The van der Waals surface area contributed by atoms with Crippen LogP contribution in [0.15, 0.2) is 24.3 Å². The molecule has 2 aromatic rings. The summed E-state index contributed by atoms with van der Waals surface area (Å²) in [5, 5.41) is 17.7. The Morgan fingerprint density at radius 3 is 2.48 bits per heavy atom. The fourth-order valence-electron chi connectivity index (χ4n) is 3.48. The van der Waals surface area contributed by atoms with Crippen LogP contribution in [-0.4, -0.2) is 15.0 Å². The van der Waals surface area contributed by atoms with E-state index in [1.54, 1.807) is 0 Å². The van der Waals surface area contributed by atoms with Crippen molar-refractivity contribution in [3.8, 4) is 6.07 Å². The number of nitriles is 1. The van der Waals surface area contributed by atoms with E-state index in [1.165, 1.54) is 30.4 Å². The average molecular weight is 308 g/mol. The normalized spacial score (nSPS) is 15.7. The van der Waals surface area contributed by atoms with Crippen molar-refractivity contribution in [1.29, 1.82) is 5.26 Å². The second-order valence-corrected chi connectivity index (χ2v) is 6.82. The molecule has 1 aromatic heterocycles. The van der Waals surface area contributed by atoms with E-state index in [4.69, 9.17) is 0 Å². The first-order valence-corrected chi connectivity index (χ1v) is 8.61. The van der Waals surface area contributed by atoms with Gasteiger partial charge in [0.25, 0.3) is 0 Å². The van der Waals surface area contributed by atoms with E-state index in [2.05, 4.69) is 54.5 Å². The van der Waals surface area contributed by atoms with Crippen LogP contribution in [0.4, 0.5) is 0 Å². The highest BCUT2D eigenvalue weighted by Gasteiger charge is 2.24. The molecule has 1 heterocycles. The molecular weight excluding hydrogens is 284 g/mol. The van der Waals surface area contributed by atoms with Gasteiger partial charge in [0, 0.05) is 5.92 Å². The van der Waals surface area contributed by atoms with Crippen LogP contribution in [-0.2, 0) is 6.54 Å². The fraction of sp³-hybridized carbons (Fsp3) is 0.526. The highest BCUT2D eigenvalue weighted by atomic mass is 15.4. The van der Waals surface area contributed by atoms with Crippen LogP contribution in [0.3, 0.4) is 0 Å². The number of rotatable bonds is 4. The van der Waals surface area contributed by atoms with E-state index in [9.17, 15) is 5.26 Å². The zero-order chi connectivity index (χ0) is 16.2. The molecule has 1 saturated carbocycles. The molecular formula is C19H24N4. The molecule has 0 N–H and O–H groups in total. The van der Waals surface area contributed by atoms with Crippen molar-refractivity contribution >= 4 is 0 Å². The van der Waals surface area contributed by atoms with Gasteiger partial charge in [0.1, 0.15) is 6.07 Å². The van der Waals surface area contributed by atoms with Gasteiger partial charge in [0.05, 0.1) is 12.2 Å². The van der Waals surface area contributed by atoms with E-state index in [-0.39, 0.29) is 0 Å². The number of benzene rings is 1. The van der Waals surface area contributed by atoms with Crippen LogP contribution < -0.4 is 0 Å². The van der Waals surface area contributed by atoms with Crippen LogP contribution >= 0.6 is 0 Å². The van der Waals surface area contributed by atoms with Gasteiger partial charge in [-0.25, -0.2) is 4.68 Å². The summed E-state index contributed by atoms with van der Waals surface area (Å²) in [5.74, 6) is 0.974. The molecule has 0 atom stereocenters. The number of aromatic nitrogens is 3. The van der Waals surface area contributed by atoms with Crippen LogP contribution in [0.25, 0.3) is 0 Å². The summed E-state index contributed by atoms with van der Waals surface area (Å²) in [6.07, 6.45) is 6.08. The Hall–Kier alpha value is -2.15. The lowest BCUT2D eigenvalue weighted by molar-refractivity contribution is 0.419. The number of hydrogen-bond acceptors (Lipinski definition) is 3. The summed E-state index contributed by atoms with van der Waals surface area (Å²) in [6.45, 7) is 5.10. The Balaban J connectivity index is 1.85. The lowest BCUT2D eigenvalue weighted by atomic mass is 9.86. The summed E-state index contributed by atoms with van der Waals surface area (Å²) in [6, 6.07) is 10.9. The maximum Gasteiger partial charge on any atom is 0.186 e. The Labute approximate surface area is 138 Å². The Morgan fingerprint density at radius 2 is 1.87 bits per heavy atom.